The highest BCUT2D eigenvalue weighted by molar-refractivity contribution is 6.27. The lowest BCUT2D eigenvalue weighted by atomic mass is 10.0. The topological polar surface area (TPSA) is 108 Å². The summed E-state index contributed by atoms with van der Waals surface area (Å²) in [7, 11) is 0. The number of hydrogen-bond donors (Lipinski definition) is 3. The van der Waals surface area contributed by atoms with Gasteiger partial charge in [-0.15, -0.1) is 0 Å². The number of piperidine rings is 1. The van der Waals surface area contributed by atoms with Gasteiger partial charge in [0.05, 0.1) is 23.6 Å². The van der Waals surface area contributed by atoms with Gasteiger partial charge < -0.3 is 15.5 Å². The van der Waals surface area contributed by atoms with E-state index in [2.05, 4.69) is 21.0 Å². The molecule has 3 amide bonds. The zero-order chi connectivity index (χ0) is 25.7. The second-order valence-corrected chi connectivity index (χ2v) is 8.92. The van der Waals surface area contributed by atoms with Gasteiger partial charge in [-0.2, -0.15) is 5.10 Å². The first-order chi connectivity index (χ1) is 17.6. The van der Waals surface area contributed by atoms with Crippen molar-refractivity contribution in [3.63, 3.8) is 0 Å². The molecule has 9 nitrogen and oxygen atoms in total. The van der Waals surface area contributed by atoms with Crippen LogP contribution in [0.25, 0.3) is 10.8 Å². The molecular formula is C27H34N6O3. The average Bonchev–Trinajstić information content (AvgIpc) is 3.49. The quantitative estimate of drug-likeness (QED) is 0.410. The van der Waals surface area contributed by atoms with Gasteiger partial charge in [0.2, 0.25) is 12.3 Å². The van der Waals surface area contributed by atoms with E-state index in [1.54, 1.807) is 4.90 Å². The van der Waals surface area contributed by atoms with Crippen LogP contribution in [0.3, 0.4) is 0 Å². The van der Waals surface area contributed by atoms with Crippen LogP contribution in [0.5, 0.6) is 0 Å². The summed E-state index contributed by atoms with van der Waals surface area (Å²) >= 11 is 0. The Morgan fingerprint density at radius 2 is 2.00 bits per heavy atom. The first kappa shape index (κ1) is 25.4. The van der Waals surface area contributed by atoms with Crippen LogP contribution in [0.4, 0.5) is 17.1 Å². The minimum atomic E-state index is -0.347. The summed E-state index contributed by atoms with van der Waals surface area (Å²) in [6, 6.07) is 9.92. The van der Waals surface area contributed by atoms with Crippen LogP contribution in [0.2, 0.25) is 0 Å². The molecule has 0 radical (unpaired) electrons. The van der Waals surface area contributed by atoms with E-state index in [1.165, 1.54) is 0 Å². The van der Waals surface area contributed by atoms with E-state index < -0.39 is 0 Å². The molecule has 9 heteroatoms. The van der Waals surface area contributed by atoms with Gasteiger partial charge in [0, 0.05) is 40.7 Å². The minimum absolute atomic E-state index is 0.0697. The lowest BCUT2D eigenvalue weighted by Crippen LogP contribution is -2.36. The van der Waals surface area contributed by atoms with Crippen molar-refractivity contribution in [3.05, 3.63) is 48.3 Å². The molecule has 2 aliphatic rings. The zero-order valence-electron chi connectivity index (χ0n) is 21.1. The molecule has 3 heterocycles. The molecule has 3 N–H and O–H groups in total. The fourth-order valence-corrected chi connectivity index (χ4v) is 4.99. The van der Waals surface area contributed by atoms with Crippen LogP contribution >= 0.6 is 0 Å². The number of anilines is 3. The van der Waals surface area contributed by atoms with E-state index in [9.17, 15) is 14.4 Å². The van der Waals surface area contributed by atoms with Crippen molar-refractivity contribution in [2.45, 2.75) is 58.5 Å². The van der Waals surface area contributed by atoms with Gasteiger partial charge in [0.15, 0.2) is 0 Å². The molecule has 0 aliphatic carbocycles. The normalized spacial score (nSPS) is 15.9. The van der Waals surface area contributed by atoms with E-state index >= 15 is 0 Å². The highest BCUT2D eigenvalue weighted by Gasteiger charge is 2.33. The number of rotatable bonds is 8. The van der Waals surface area contributed by atoms with Crippen molar-refractivity contribution >= 4 is 46.1 Å². The molecule has 1 atom stereocenters. The van der Waals surface area contributed by atoms with E-state index in [-0.39, 0.29) is 24.3 Å². The van der Waals surface area contributed by atoms with Crippen molar-refractivity contribution in [2.24, 2.45) is 0 Å². The van der Waals surface area contributed by atoms with Crippen LogP contribution in [0.1, 0.15) is 62.9 Å². The van der Waals surface area contributed by atoms with E-state index in [0.717, 1.165) is 53.8 Å². The third-order valence-corrected chi connectivity index (χ3v) is 6.74. The number of carbonyl (C=O) groups excluding carboxylic acids is 3. The highest BCUT2D eigenvalue weighted by atomic mass is 16.2. The number of nitrogens with one attached hydrogen (secondary N) is 3. The number of carbonyl (C=O) groups is 3. The summed E-state index contributed by atoms with van der Waals surface area (Å²) in [5.74, 6) is -0.416. The third kappa shape index (κ3) is 4.97. The predicted octanol–water partition coefficient (Wildman–Crippen LogP) is 4.13. The van der Waals surface area contributed by atoms with Gasteiger partial charge in [-0.25, -0.2) is 0 Å². The number of benzene rings is 2. The lowest BCUT2D eigenvalue weighted by Gasteiger charge is -2.25. The van der Waals surface area contributed by atoms with Crippen molar-refractivity contribution < 1.29 is 14.4 Å². The molecule has 1 aromatic heterocycles. The maximum Gasteiger partial charge on any atom is 0.259 e. The molecule has 190 valence electrons. The van der Waals surface area contributed by atoms with E-state index in [4.69, 9.17) is 0 Å². The fraction of sp³-hybridized carbons (Fsp3) is 0.407. The maximum atomic E-state index is 13.3. The summed E-state index contributed by atoms with van der Waals surface area (Å²) in [6.45, 7) is 7.94. The summed E-state index contributed by atoms with van der Waals surface area (Å²) in [5.41, 5.74) is 3.33. The second-order valence-electron chi connectivity index (χ2n) is 8.92. The SMILES string of the molecule is CC.CC(CCC(=O)NC=O)N1C(=O)c2cccc3c(Nc4cnn(C5CCNCC5)c4)ccc1c23. The van der Waals surface area contributed by atoms with Crippen molar-refractivity contribution in [1.29, 1.82) is 0 Å². The number of aromatic nitrogens is 2. The highest BCUT2D eigenvalue weighted by Crippen LogP contribution is 2.42. The summed E-state index contributed by atoms with van der Waals surface area (Å²) in [6.07, 6.45) is 7.03. The molecule has 3 aromatic rings. The Kier molecular flexibility index (Phi) is 8.00. The minimum Gasteiger partial charge on any atom is -0.352 e. The van der Waals surface area contributed by atoms with Gasteiger partial charge in [-0.05, 0) is 57.5 Å². The monoisotopic (exact) mass is 490 g/mol. The number of nitrogens with zero attached hydrogens (tertiary/aromatic N) is 3. The Morgan fingerprint density at radius 3 is 2.75 bits per heavy atom. The van der Waals surface area contributed by atoms with E-state index in [1.807, 2.05) is 68.2 Å². The Labute approximate surface area is 211 Å². The Balaban J connectivity index is 0.00000148. The maximum absolute atomic E-state index is 13.3. The van der Waals surface area contributed by atoms with Crippen LogP contribution < -0.4 is 20.9 Å². The van der Waals surface area contributed by atoms with Gasteiger partial charge in [-0.1, -0.05) is 26.0 Å². The standard InChI is InChI=1S/C25H28N6O3.C2H6/c1-16(5-8-23(33)27-15-32)31-22-7-6-21(19-3-2-4-20(24(19)22)25(31)34)29-17-13-28-30(14-17)18-9-11-26-12-10-18;1-2/h2-4,6-7,13-16,18,26,29H,5,8-12H2,1H3,(H,27,32,33);1-2H3. The molecule has 1 saturated heterocycles. The Bertz CT molecular complexity index is 1250. The smallest absolute Gasteiger partial charge is 0.259 e. The summed E-state index contributed by atoms with van der Waals surface area (Å²) in [4.78, 5) is 37.2. The number of amides is 3. The van der Waals surface area contributed by atoms with Crippen molar-refractivity contribution in [3.8, 4) is 0 Å². The predicted molar refractivity (Wildman–Crippen MR) is 142 cm³/mol. The van der Waals surface area contributed by atoms with E-state index in [0.29, 0.717) is 24.4 Å². The van der Waals surface area contributed by atoms with Gasteiger partial charge in [0.25, 0.3) is 5.91 Å². The summed E-state index contributed by atoms with van der Waals surface area (Å²) in [5, 5.41) is 15.5. The second kappa shape index (κ2) is 11.3. The first-order valence-electron chi connectivity index (χ1n) is 12.7. The summed E-state index contributed by atoms with van der Waals surface area (Å²) < 4.78 is 2.04. The van der Waals surface area contributed by atoms with Gasteiger partial charge >= 0.3 is 0 Å². The first-order valence-corrected chi connectivity index (χ1v) is 12.7. The Hall–Kier alpha value is -3.72. The molecule has 2 aromatic carbocycles. The molecule has 1 fully saturated rings. The van der Waals surface area contributed by atoms with Crippen molar-refractivity contribution in [1.82, 2.24) is 20.4 Å². The molecule has 0 spiro atoms. The molecule has 0 bridgehead atoms. The molecule has 0 saturated carbocycles. The number of imide groups is 1. The zero-order valence-corrected chi connectivity index (χ0v) is 21.1. The van der Waals surface area contributed by atoms with Gasteiger partial charge in [-0.3, -0.25) is 24.4 Å². The third-order valence-electron chi connectivity index (χ3n) is 6.74. The van der Waals surface area contributed by atoms with Crippen molar-refractivity contribution in [2.75, 3.05) is 23.3 Å². The molecular weight excluding hydrogens is 456 g/mol. The molecule has 5 rings (SSSR count). The average molecular weight is 491 g/mol. The fourth-order valence-electron chi connectivity index (χ4n) is 4.99. The molecule has 1 unspecified atom stereocenters. The molecule has 36 heavy (non-hydrogen) atoms. The van der Waals surface area contributed by atoms with Gasteiger partial charge in [0.1, 0.15) is 0 Å². The number of hydrogen-bond acceptors (Lipinski definition) is 6. The Morgan fingerprint density at radius 1 is 1.22 bits per heavy atom. The van der Waals surface area contributed by atoms with Crippen LogP contribution in [-0.2, 0) is 9.59 Å². The van der Waals surface area contributed by atoms with Crippen LogP contribution in [0, 0.1) is 0 Å². The molecule has 2 aliphatic heterocycles. The van der Waals surface area contributed by atoms with Crippen LogP contribution in [-0.4, -0.2) is 47.1 Å². The largest absolute Gasteiger partial charge is 0.352 e. The lowest BCUT2D eigenvalue weighted by molar-refractivity contribution is -0.125. The van der Waals surface area contributed by atoms with Crippen LogP contribution in [0.15, 0.2) is 42.7 Å².